The monoisotopic (exact) mass is 2020 g/mol. The minimum atomic E-state index is -0.832. The molecule has 36 nitrogen and oxygen atoms in total. The summed E-state index contributed by atoms with van der Waals surface area (Å²) in [6, 6.07) is 16.2. The number of hydroxylamine groups is 2. The van der Waals surface area contributed by atoms with Gasteiger partial charge in [-0.2, -0.15) is 0 Å². The number of carboxylic acid groups (broad SMARTS) is 4. The summed E-state index contributed by atoms with van der Waals surface area (Å²) in [6.45, 7) is 13.8. The third kappa shape index (κ3) is 38.8. The van der Waals surface area contributed by atoms with E-state index in [2.05, 4.69) is 115 Å². The Hall–Kier alpha value is -12.7. The van der Waals surface area contributed by atoms with Crippen molar-refractivity contribution in [2.24, 2.45) is 4.99 Å². The van der Waals surface area contributed by atoms with Crippen LogP contribution in [0.25, 0.3) is 0 Å². The lowest BCUT2D eigenvalue weighted by atomic mass is 9.90. The van der Waals surface area contributed by atoms with Crippen LogP contribution >= 0.6 is 0 Å². The van der Waals surface area contributed by atoms with Crippen molar-refractivity contribution in [1.82, 2.24) is 69.9 Å². The van der Waals surface area contributed by atoms with E-state index in [1.165, 1.54) is 22.9 Å². The molecule has 0 spiro atoms. The van der Waals surface area contributed by atoms with E-state index in [1.54, 1.807) is 82.6 Å². The highest BCUT2D eigenvalue weighted by molar-refractivity contribution is 6.00. The fourth-order valence-corrected chi connectivity index (χ4v) is 19.3. The number of aliphatic carboxylic acids is 4. The summed E-state index contributed by atoms with van der Waals surface area (Å²) in [5.41, 5.74) is 13.9. The SMILES string of the molecule is CC(=O)CC(CCCCCC(O)c1ccc2c(n1)NCCC2)c1cnc(C)[n+]([O-])c1.Cc1ncc(C(CCCCCC(O)C2=CC=C3CCCN=C3N2O)CC(=O)O)cn1.Cc1ncc(C(CCCCCC(O)c2ccc3c(n2)NCCC3)CC(=O)O)cn1.Cc1ncc(C(CCCCCCc2ccc3c(n2)NC(O)CC3)CC(=O)O)cn1.Cc1ncc(C(CCCCCCc2ccc3c(n2)NCCC3O)CC(=O)O)cn1. The second-order valence-corrected chi connectivity index (χ2v) is 39.6. The van der Waals surface area contributed by atoms with E-state index < -0.39 is 54.5 Å². The molecule has 0 aliphatic carbocycles. The standard InChI is InChI=1S/C23H32N4O3.C22H30N4O4.3C22H30N4O3/c1-16(28)13-19(20-14-25-17(2)27(30)15-20)7-4-3-5-9-22(29)21-11-10-18-8-6-12-24-23(18)26-21;1-15-24-13-18(14-25-15)17(12-21(28)29)6-3-2-4-8-20(27)19-10-9-16-7-5-11-23-22(16)26(19)30;1-15-24-13-18(14-25-15)17(12-21(28)29)6-3-2-4-8-20(27)19-10-9-16-7-5-11-23-22(16)26-19;1-15-23-13-18(14-24-15)17(12-21(28)29)6-4-2-3-5-7-19-10-8-16-9-11-20(27)26-22(16)25-19;1-15-24-13-17(14-25-15)16(12-21(28)29)6-4-2-3-5-7-18-8-9-19-20(27)10-11-23-22(19)26-18/h10-11,14-15,19,22,29H,3-9,12-13H2,1-2H3,(H,24,26);9-10,13-14,17,20,27,30H,2-8,11-12H2,1H3,(H,28,29);9-10,13-14,17,20,27H,2-8,11-12H2,1H3,(H,23,26)(H,28,29);8,10,13-14,17,20,27H,2-7,9,11-12H2,1H3,(H,25,26)(H,28,29);8-9,13-14,16,20,27H,2-7,10-12H2,1H3,(H,23,26)(H,28,29). The van der Waals surface area contributed by atoms with Gasteiger partial charge in [-0.25, -0.2) is 69.6 Å². The molecule has 9 aromatic rings. The van der Waals surface area contributed by atoms with Gasteiger partial charge in [0.05, 0.1) is 67.2 Å². The Labute approximate surface area is 862 Å². The van der Waals surface area contributed by atoms with E-state index in [0.29, 0.717) is 72.9 Å². The number of anilines is 4. The molecule has 792 valence electrons. The van der Waals surface area contributed by atoms with Crippen LogP contribution in [0.15, 0.2) is 139 Å². The number of carbonyl (C=O) groups is 5. The van der Waals surface area contributed by atoms with Crippen molar-refractivity contribution in [2.75, 3.05) is 47.4 Å². The molecule has 0 radical (unpaired) electrons. The number of nitrogens with one attached hydrogen (secondary N) is 4. The lowest BCUT2D eigenvalue weighted by Gasteiger charge is -2.31. The molecule has 14 N–H and O–H groups in total. The van der Waals surface area contributed by atoms with Gasteiger partial charge in [0.2, 0.25) is 0 Å². The Balaban J connectivity index is 0.000000175. The average Bonchev–Trinajstić information content (AvgIpc) is 0.814. The van der Waals surface area contributed by atoms with Crippen molar-refractivity contribution in [1.29, 1.82) is 0 Å². The van der Waals surface area contributed by atoms with E-state index in [-0.39, 0.29) is 61.1 Å². The molecule has 0 aromatic carbocycles. The van der Waals surface area contributed by atoms with Gasteiger partial charge < -0.3 is 77.2 Å². The zero-order valence-corrected chi connectivity index (χ0v) is 86.2. The van der Waals surface area contributed by atoms with Gasteiger partial charge in [0.25, 0.3) is 5.82 Å². The Morgan fingerprint density at radius 3 is 1.22 bits per heavy atom. The van der Waals surface area contributed by atoms with Crippen molar-refractivity contribution in [3.8, 4) is 0 Å². The zero-order valence-electron chi connectivity index (χ0n) is 86.2. The van der Waals surface area contributed by atoms with Crippen molar-refractivity contribution < 1.29 is 79.9 Å². The fourth-order valence-electron chi connectivity index (χ4n) is 19.3. The van der Waals surface area contributed by atoms with Gasteiger partial charge in [-0.3, -0.25) is 29.4 Å². The summed E-state index contributed by atoms with van der Waals surface area (Å²) in [5.74, 6) is 3.80. The van der Waals surface area contributed by atoms with Crippen molar-refractivity contribution in [2.45, 2.75) is 365 Å². The normalized spacial score (nSPS) is 16.4. The number of hydrogen-bond donors (Lipinski definition) is 14. The number of carbonyl (C=O) groups excluding carboxylic acids is 1. The van der Waals surface area contributed by atoms with E-state index in [1.807, 2.05) is 51.1 Å². The average molecular weight is 2020 g/mol. The third-order valence-electron chi connectivity index (χ3n) is 27.8. The number of aromatic nitrogens is 14. The number of rotatable bonds is 50. The summed E-state index contributed by atoms with van der Waals surface area (Å²) in [7, 11) is 0. The van der Waals surface area contributed by atoms with Gasteiger partial charge in [0.15, 0.2) is 5.84 Å². The first-order chi connectivity index (χ1) is 70.9. The predicted molar refractivity (Wildman–Crippen MR) is 560 cm³/mol. The molecule has 0 saturated carbocycles. The molecule has 10 atom stereocenters. The molecule has 15 rings (SSSR count). The summed E-state index contributed by atoms with van der Waals surface area (Å²) < 4.78 is 0.763. The van der Waals surface area contributed by atoms with Gasteiger partial charge in [0, 0.05) is 112 Å². The molecular formula is C111H152N20O16. The van der Waals surface area contributed by atoms with Crippen LogP contribution in [0.1, 0.15) is 388 Å². The van der Waals surface area contributed by atoms with Gasteiger partial charge >= 0.3 is 23.9 Å². The highest BCUT2D eigenvalue weighted by Crippen LogP contribution is 2.37. The molecule has 15 heterocycles. The Kier molecular flexibility index (Phi) is 47.2. The Morgan fingerprint density at radius 2 is 0.789 bits per heavy atom. The van der Waals surface area contributed by atoms with E-state index >= 15 is 0 Å². The first kappa shape index (κ1) is 115. The number of ketones is 1. The Bertz CT molecular complexity index is 5740. The number of fused-ring (bicyclic) bond motifs is 5. The zero-order chi connectivity index (χ0) is 105. The highest BCUT2D eigenvalue weighted by atomic mass is 16.5. The van der Waals surface area contributed by atoms with Crippen LogP contribution in [0.3, 0.4) is 0 Å². The van der Waals surface area contributed by atoms with Crippen LogP contribution in [-0.4, -0.2) is 195 Å². The van der Waals surface area contributed by atoms with Crippen molar-refractivity contribution >= 4 is 58.8 Å². The maximum atomic E-state index is 11.8. The summed E-state index contributed by atoms with van der Waals surface area (Å²) >= 11 is 0. The maximum absolute atomic E-state index is 11.8. The summed E-state index contributed by atoms with van der Waals surface area (Å²) in [6.07, 6.45) is 51.3. The summed E-state index contributed by atoms with van der Waals surface area (Å²) in [4.78, 5) is 117. The minimum Gasteiger partial charge on any atom is -0.711 e. The largest absolute Gasteiger partial charge is 0.711 e. The Morgan fingerprint density at radius 1 is 0.408 bits per heavy atom. The topological polar surface area (TPSA) is 546 Å². The number of carboxylic acids is 4. The smallest absolute Gasteiger partial charge is 0.303 e. The fraction of sp³-hybridized carbons (Fsp3) is 0.550. The molecule has 147 heavy (non-hydrogen) atoms. The highest BCUT2D eigenvalue weighted by Gasteiger charge is 2.30. The number of nitrogens with zero attached hydrogens (tertiary/aromatic N) is 16. The molecule has 6 aliphatic rings. The molecular weight excluding hydrogens is 1870 g/mol. The van der Waals surface area contributed by atoms with Gasteiger partial charge in [-0.1, -0.05) is 132 Å². The number of amidine groups is 1. The van der Waals surface area contributed by atoms with E-state index in [4.69, 9.17) is 0 Å². The summed E-state index contributed by atoms with van der Waals surface area (Å²) in [5, 5.41) is 124. The molecule has 36 heteroatoms. The van der Waals surface area contributed by atoms with Crippen LogP contribution in [0, 0.1) is 39.8 Å². The molecule has 9 aromatic heterocycles. The van der Waals surface area contributed by atoms with E-state index in [9.17, 15) is 80.3 Å². The van der Waals surface area contributed by atoms with Gasteiger partial charge in [-0.15, -0.1) is 0 Å². The first-order valence-electron chi connectivity index (χ1n) is 52.8. The molecule has 0 bridgehead atoms. The molecule has 0 saturated heterocycles. The number of Topliss-reactive ketones (excluding diaryl/α,β-unsaturated/α-hetero) is 1. The number of aliphatic hydroxyl groups excluding tert-OH is 5. The van der Waals surface area contributed by atoms with Crippen LogP contribution in [0.4, 0.5) is 23.3 Å². The lowest BCUT2D eigenvalue weighted by molar-refractivity contribution is -0.616. The number of aliphatic imine (C=N–C) groups is 1. The third-order valence-corrected chi connectivity index (χ3v) is 27.8. The predicted octanol–water partition coefficient (Wildman–Crippen LogP) is 18.1. The quantitative estimate of drug-likeness (QED) is 0.00956. The molecule has 6 aliphatic heterocycles. The molecule has 10 unspecified atom stereocenters. The van der Waals surface area contributed by atoms with Crippen LogP contribution in [0.2, 0.25) is 0 Å². The number of hydrogen-bond acceptors (Lipinski definition) is 31. The van der Waals surface area contributed by atoms with Crippen molar-refractivity contribution in [3.05, 3.63) is 241 Å². The molecule has 0 amide bonds. The number of unbranched alkanes of at least 4 members (excludes halogenated alkanes) is 12. The number of aryl methyl sites for hydroxylation is 10. The second kappa shape index (κ2) is 60.5. The minimum absolute atomic E-state index is 0.00844. The van der Waals surface area contributed by atoms with Crippen LogP contribution < -0.4 is 26.0 Å². The van der Waals surface area contributed by atoms with Crippen LogP contribution in [0.5, 0.6) is 0 Å². The van der Waals surface area contributed by atoms with Crippen molar-refractivity contribution in [3.63, 3.8) is 0 Å². The number of pyridine rings is 4. The van der Waals surface area contributed by atoms with Gasteiger partial charge in [-0.05, 0) is 274 Å². The first-order valence-corrected chi connectivity index (χ1v) is 52.8. The number of allylic oxidation sites excluding steroid dienone is 2. The van der Waals surface area contributed by atoms with E-state index in [0.717, 1.165) is 326 Å². The lowest BCUT2D eigenvalue weighted by Crippen LogP contribution is -2.37. The maximum Gasteiger partial charge on any atom is 0.303 e. The number of aliphatic hydroxyl groups is 5. The molecule has 0 fully saturated rings. The second-order valence-electron chi connectivity index (χ2n) is 39.6. The van der Waals surface area contributed by atoms with Crippen LogP contribution in [-0.2, 0) is 56.1 Å². The van der Waals surface area contributed by atoms with Gasteiger partial charge in [0.1, 0.15) is 71.0 Å².